The summed E-state index contributed by atoms with van der Waals surface area (Å²) in [5, 5.41) is 35.2. The number of carbonyl (C=O) groups is 2. The average molecular weight is 501 g/mol. The molecular weight excluding hydrogens is 472 g/mol. The fourth-order valence-electron chi connectivity index (χ4n) is 8.75. The van der Waals surface area contributed by atoms with E-state index in [4.69, 9.17) is 23.7 Å². The molecule has 36 heavy (non-hydrogen) atoms. The molecule has 7 rings (SSSR count). The topological polar surface area (TPSA) is 141 Å². The van der Waals surface area contributed by atoms with Gasteiger partial charge in [-0.05, 0) is 31.7 Å². The number of fused-ring (bicyclic) bond motifs is 1. The second-order valence-corrected chi connectivity index (χ2v) is 11.1. The lowest BCUT2D eigenvalue weighted by atomic mass is 9.53. The number of allylic oxidation sites excluding steroid dienone is 1. The average Bonchev–Trinajstić information content (AvgIpc) is 3.56. The summed E-state index contributed by atoms with van der Waals surface area (Å²) in [6, 6.07) is 9.35. The van der Waals surface area contributed by atoms with Crippen molar-refractivity contribution in [2.75, 3.05) is 0 Å². The lowest BCUT2D eigenvalue weighted by molar-refractivity contribution is -0.263. The van der Waals surface area contributed by atoms with Gasteiger partial charge in [-0.15, -0.1) is 0 Å². The van der Waals surface area contributed by atoms with Gasteiger partial charge in [-0.25, -0.2) is 4.79 Å². The molecule has 1 aromatic rings. The van der Waals surface area contributed by atoms with Crippen molar-refractivity contribution in [1.29, 1.82) is 0 Å². The maximum atomic E-state index is 13.7. The van der Waals surface area contributed by atoms with Gasteiger partial charge in [0.15, 0.2) is 24.3 Å². The molecule has 192 valence electrons. The summed E-state index contributed by atoms with van der Waals surface area (Å²) in [5.41, 5.74) is -5.82. The molecule has 10 heteroatoms. The van der Waals surface area contributed by atoms with Gasteiger partial charge in [0, 0.05) is 0 Å². The zero-order chi connectivity index (χ0) is 25.4. The van der Waals surface area contributed by atoms with E-state index in [1.165, 1.54) is 6.92 Å². The molecule has 0 amide bonds. The number of hydrogen-bond acceptors (Lipinski definition) is 10. The summed E-state index contributed by atoms with van der Waals surface area (Å²) in [5.74, 6) is -3.28. The van der Waals surface area contributed by atoms with E-state index < -0.39 is 82.8 Å². The number of aliphatic hydroxyl groups is 3. The van der Waals surface area contributed by atoms with Gasteiger partial charge >= 0.3 is 11.9 Å². The molecule has 7 unspecified atom stereocenters. The van der Waals surface area contributed by atoms with Crippen LogP contribution in [0.4, 0.5) is 0 Å². The van der Waals surface area contributed by atoms with Crippen molar-refractivity contribution in [3.05, 3.63) is 48.0 Å². The Hall–Kier alpha value is -2.34. The van der Waals surface area contributed by atoms with E-state index in [0.717, 1.165) is 5.56 Å². The van der Waals surface area contributed by atoms with E-state index in [1.54, 1.807) is 0 Å². The smallest absolute Gasteiger partial charge is 0.342 e. The van der Waals surface area contributed by atoms with Gasteiger partial charge in [-0.1, -0.05) is 42.5 Å². The van der Waals surface area contributed by atoms with Crippen LogP contribution in [-0.2, 0) is 39.9 Å². The van der Waals surface area contributed by atoms with Gasteiger partial charge in [0.2, 0.25) is 5.60 Å². The molecule has 4 heterocycles. The fraction of sp³-hybridized carbons (Fsp3) is 0.615. The third-order valence-electron chi connectivity index (χ3n) is 9.91. The first-order valence-electron chi connectivity index (χ1n) is 12.2. The highest BCUT2D eigenvalue weighted by Gasteiger charge is 3.03. The predicted octanol–water partition coefficient (Wildman–Crippen LogP) is 0.177. The Bertz CT molecular complexity index is 1190. The molecular formula is C26H28O10. The minimum atomic E-state index is -2.21. The highest BCUT2D eigenvalue weighted by atomic mass is 16.8. The van der Waals surface area contributed by atoms with Crippen LogP contribution in [0.25, 0.3) is 0 Å². The summed E-state index contributed by atoms with van der Waals surface area (Å²) in [4.78, 5) is 26.3. The summed E-state index contributed by atoms with van der Waals surface area (Å²) in [6.45, 7) is 7.53. The maximum Gasteiger partial charge on any atom is 0.342 e. The summed E-state index contributed by atoms with van der Waals surface area (Å²) in [7, 11) is 0. The lowest BCUT2D eigenvalue weighted by Crippen LogP contribution is -2.67. The molecule has 6 aliphatic rings. The fourth-order valence-corrected chi connectivity index (χ4v) is 8.75. The van der Waals surface area contributed by atoms with Gasteiger partial charge in [0.1, 0.15) is 18.3 Å². The van der Waals surface area contributed by atoms with Crippen molar-refractivity contribution in [3.8, 4) is 0 Å². The highest BCUT2D eigenvalue weighted by molar-refractivity contribution is 5.92. The van der Waals surface area contributed by atoms with Crippen LogP contribution in [0.2, 0.25) is 0 Å². The van der Waals surface area contributed by atoms with Crippen LogP contribution in [0.15, 0.2) is 42.5 Å². The number of hydrogen-bond donors (Lipinski definition) is 3. The SMILES string of the molecule is C=C(C)[C@@H]1CC2OC(=O)C34OC5OC(O)[C@H](OCc6ccccc6)C51C23[C@@H](O)C1OC(=O)[C@@H](C)[C@@]14O. The number of ether oxygens (including phenoxy) is 5. The molecule has 10 nitrogen and oxygen atoms in total. The van der Waals surface area contributed by atoms with E-state index in [2.05, 4.69) is 6.58 Å². The first-order valence-corrected chi connectivity index (χ1v) is 12.2. The first-order chi connectivity index (χ1) is 17.1. The molecule has 0 aromatic heterocycles. The lowest BCUT2D eigenvalue weighted by Gasteiger charge is -2.47. The zero-order valence-corrected chi connectivity index (χ0v) is 19.8. The van der Waals surface area contributed by atoms with Crippen LogP contribution in [0, 0.1) is 22.7 Å². The number of carbonyl (C=O) groups excluding carboxylic acids is 2. The third kappa shape index (κ3) is 1.98. The minimum Gasteiger partial charge on any atom is -0.459 e. The van der Waals surface area contributed by atoms with Crippen LogP contribution in [-0.4, -0.2) is 75.5 Å². The Morgan fingerprint density at radius 2 is 1.92 bits per heavy atom. The monoisotopic (exact) mass is 500 g/mol. The molecule has 12 atom stereocenters. The Morgan fingerprint density at radius 3 is 2.61 bits per heavy atom. The normalized spacial score (nSPS) is 53.6. The standard InChI is InChI=1S/C26H28O10/c1-11(2)14-9-15-24-16(27)17-25(31,12(3)19(28)34-17)26(24,21(30)33-15)36-22-23(14,24)18(20(29)35-22)32-10-13-7-5-4-6-8-13/h4-8,12,14-18,20,22,27,29,31H,1,9-10H2,2-3H3/t12-,14+,15?,16+,17?,18+,20?,22?,23?,24?,25-,26?/m1/s1. The van der Waals surface area contributed by atoms with Crippen LogP contribution >= 0.6 is 0 Å². The van der Waals surface area contributed by atoms with E-state index >= 15 is 0 Å². The summed E-state index contributed by atoms with van der Waals surface area (Å²) >= 11 is 0. The van der Waals surface area contributed by atoms with Crippen molar-refractivity contribution in [3.63, 3.8) is 0 Å². The second kappa shape index (κ2) is 6.75. The van der Waals surface area contributed by atoms with Crippen molar-refractivity contribution in [1.82, 2.24) is 0 Å². The Kier molecular flexibility index (Phi) is 4.28. The van der Waals surface area contributed by atoms with Crippen molar-refractivity contribution in [2.24, 2.45) is 22.7 Å². The van der Waals surface area contributed by atoms with Crippen molar-refractivity contribution in [2.45, 2.75) is 75.1 Å². The highest BCUT2D eigenvalue weighted by Crippen LogP contribution is 2.84. The number of esters is 2. The van der Waals surface area contributed by atoms with E-state index in [1.807, 2.05) is 37.3 Å². The number of aliphatic hydroxyl groups excluding tert-OH is 2. The van der Waals surface area contributed by atoms with Crippen molar-refractivity contribution >= 4 is 11.9 Å². The van der Waals surface area contributed by atoms with Crippen LogP contribution < -0.4 is 0 Å². The molecule has 0 radical (unpaired) electrons. The van der Waals surface area contributed by atoms with Gasteiger partial charge < -0.3 is 39.0 Å². The molecule has 1 aromatic carbocycles. The quantitative estimate of drug-likeness (QED) is 0.387. The minimum absolute atomic E-state index is 0.112. The Morgan fingerprint density at radius 1 is 1.19 bits per heavy atom. The first kappa shape index (κ1) is 22.8. The molecule has 2 spiro atoms. The third-order valence-corrected chi connectivity index (χ3v) is 9.91. The van der Waals surface area contributed by atoms with Gasteiger partial charge in [-0.3, -0.25) is 4.79 Å². The summed E-state index contributed by atoms with van der Waals surface area (Å²) in [6.07, 6.45) is -7.41. The molecule has 6 fully saturated rings. The van der Waals surface area contributed by atoms with E-state index in [9.17, 15) is 24.9 Å². The van der Waals surface area contributed by atoms with Crippen molar-refractivity contribution < 1.29 is 48.6 Å². The maximum absolute atomic E-state index is 13.7. The van der Waals surface area contributed by atoms with Crippen LogP contribution in [0.3, 0.4) is 0 Å². The van der Waals surface area contributed by atoms with E-state index in [0.29, 0.717) is 5.57 Å². The predicted molar refractivity (Wildman–Crippen MR) is 117 cm³/mol. The van der Waals surface area contributed by atoms with Gasteiger partial charge in [0.25, 0.3) is 0 Å². The molecule has 3 N–H and O–H groups in total. The van der Waals surface area contributed by atoms with E-state index in [-0.39, 0.29) is 13.0 Å². The molecule has 2 aliphatic carbocycles. The molecule has 4 saturated heterocycles. The van der Waals surface area contributed by atoms with Gasteiger partial charge in [-0.2, -0.15) is 0 Å². The number of rotatable bonds is 4. The second-order valence-electron chi connectivity index (χ2n) is 11.1. The number of benzene rings is 1. The molecule has 4 aliphatic heterocycles. The Labute approximate surface area is 206 Å². The van der Waals surface area contributed by atoms with Crippen LogP contribution in [0.5, 0.6) is 0 Å². The largest absolute Gasteiger partial charge is 0.459 e. The molecule has 2 saturated carbocycles. The summed E-state index contributed by atoms with van der Waals surface area (Å²) < 4.78 is 30.0. The van der Waals surface area contributed by atoms with Gasteiger partial charge in [0.05, 0.1) is 23.4 Å². The zero-order valence-electron chi connectivity index (χ0n) is 19.8. The Balaban J connectivity index is 1.46. The molecule has 0 bridgehead atoms. The van der Waals surface area contributed by atoms with Crippen LogP contribution in [0.1, 0.15) is 25.8 Å².